The van der Waals surface area contributed by atoms with Gasteiger partial charge in [0.25, 0.3) is 5.91 Å². The van der Waals surface area contributed by atoms with E-state index in [-0.39, 0.29) is 5.69 Å². The van der Waals surface area contributed by atoms with Crippen LogP contribution in [0.5, 0.6) is 5.75 Å². The van der Waals surface area contributed by atoms with Crippen molar-refractivity contribution in [1.82, 2.24) is 15.6 Å². The Hall–Kier alpha value is -3.26. The molecule has 0 aliphatic rings. The molecular weight excluding hydrogens is 340 g/mol. The predicted octanol–water partition coefficient (Wildman–Crippen LogP) is 2.76. The second kappa shape index (κ2) is 7.54. The maximum atomic E-state index is 11.9. The fraction of sp³-hybridized carbons (Fsp3) is 0.0588. The third-order valence-corrected chi connectivity index (χ3v) is 3.96. The van der Waals surface area contributed by atoms with E-state index in [0.717, 1.165) is 5.69 Å². The van der Waals surface area contributed by atoms with Crippen molar-refractivity contribution in [2.75, 3.05) is 0 Å². The van der Waals surface area contributed by atoms with E-state index < -0.39 is 11.9 Å². The second-order valence-electron chi connectivity index (χ2n) is 5.07. The summed E-state index contributed by atoms with van der Waals surface area (Å²) >= 11 is 1.31. The van der Waals surface area contributed by atoms with Crippen LogP contribution < -0.4 is 10.2 Å². The summed E-state index contributed by atoms with van der Waals surface area (Å²) in [4.78, 5) is 24.3. The number of esters is 1. The molecule has 0 saturated heterocycles. The number of amides is 1. The molecule has 3 rings (SSSR count). The van der Waals surface area contributed by atoms with Gasteiger partial charge in [0, 0.05) is 5.69 Å². The molecule has 7 nitrogen and oxygen atoms in total. The minimum atomic E-state index is -0.416. The lowest BCUT2D eigenvalue weighted by atomic mass is 10.2. The van der Waals surface area contributed by atoms with Crippen LogP contribution in [0.2, 0.25) is 0 Å². The third kappa shape index (κ3) is 4.39. The van der Waals surface area contributed by atoms with Gasteiger partial charge < -0.3 is 4.74 Å². The summed E-state index contributed by atoms with van der Waals surface area (Å²) in [6.07, 6.45) is 1.46. The van der Waals surface area contributed by atoms with Gasteiger partial charge >= 0.3 is 5.97 Å². The molecule has 0 saturated carbocycles. The first-order valence-electron chi connectivity index (χ1n) is 7.33. The maximum Gasteiger partial charge on any atom is 0.353 e. The fourth-order valence-electron chi connectivity index (χ4n) is 1.97. The number of benzene rings is 1. The normalized spacial score (nSPS) is 10.8. The first kappa shape index (κ1) is 16.6. The molecule has 1 aromatic carbocycles. The molecule has 0 spiro atoms. The molecule has 0 atom stereocenters. The van der Waals surface area contributed by atoms with Crippen LogP contribution in [0.25, 0.3) is 0 Å². The molecule has 2 N–H and O–H groups in total. The highest BCUT2D eigenvalue weighted by Crippen LogP contribution is 2.16. The zero-order chi connectivity index (χ0) is 17.6. The number of carbonyl (C=O) groups excluding carboxylic acids is 2. The van der Waals surface area contributed by atoms with E-state index in [1.165, 1.54) is 17.6 Å². The van der Waals surface area contributed by atoms with Gasteiger partial charge in [0.1, 0.15) is 10.6 Å². The number of thiophene rings is 1. The Balaban J connectivity index is 1.61. The molecule has 25 heavy (non-hydrogen) atoms. The maximum absolute atomic E-state index is 11.9. The highest BCUT2D eigenvalue weighted by molar-refractivity contribution is 7.12. The molecular formula is C17H14N4O3S. The first-order chi connectivity index (χ1) is 12.1. The zero-order valence-corrected chi connectivity index (χ0v) is 14.0. The summed E-state index contributed by atoms with van der Waals surface area (Å²) in [5.74, 6) is -0.427. The number of aromatic amines is 1. The number of ether oxygens (including phenoxy) is 1. The summed E-state index contributed by atoms with van der Waals surface area (Å²) in [6.45, 7) is 1.80. The van der Waals surface area contributed by atoms with Gasteiger partial charge in [0.05, 0.1) is 6.21 Å². The number of hydrazone groups is 1. The Morgan fingerprint density at radius 3 is 2.88 bits per heavy atom. The van der Waals surface area contributed by atoms with Crippen LogP contribution in [0.3, 0.4) is 0 Å². The van der Waals surface area contributed by atoms with E-state index >= 15 is 0 Å². The van der Waals surface area contributed by atoms with E-state index in [9.17, 15) is 9.59 Å². The topological polar surface area (TPSA) is 96.4 Å². The molecule has 0 radical (unpaired) electrons. The molecule has 8 heteroatoms. The van der Waals surface area contributed by atoms with Crippen LogP contribution in [0, 0.1) is 6.92 Å². The highest BCUT2D eigenvalue weighted by Gasteiger charge is 2.10. The number of nitrogens with one attached hydrogen (secondary N) is 2. The van der Waals surface area contributed by atoms with Gasteiger partial charge in [-0.25, -0.2) is 10.2 Å². The number of carbonyl (C=O) groups is 2. The minimum Gasteiger partial charge on any atom is -0.422 e. The Morgan fingerprint density at radius 2 is 2.16 bits per heavy atom. The SMILES string of the molecule is Cc1cc(C(=O)NN=Cc2cccc(OC(=O)c3cccs3)c2)n[nH]1. The lowest BCUT2D eigenvalue weighted by molar-refractivity contribution is 0.0739. The number of aromatic nitrogens is 2. The van der Waals surface area contributed by atoms with E-state index in [1.54, 1.807) is 49.4 Å². The summed E-state index contributed by atoms with van der Waals surface area (Å²) in [6, 6.07) is 11.9. The molecule has 0 unspecified atom stereocenters. The van der Waals surface area contributed by atoms with Crippen LogP contribution in [-0.2, 0) is 0 Å². The molecule has 0 bridgehead atoms. The van der Waals surface area contributed by atoms with Crippen LogP contribution >= 0.6 is 11.3 Å². The number of hydrogen-bond donors (Lipinski definition) is 2. The van der Waals surface area contributed by atoms with Crippen molar-refractivity contribution in [3.8, 4) is 5.75 Å². The largest absolute Gasteiger partial charge is 0.422 e. The van der Waals surface area contributed by atoms with Gasteiger partial charge in [-0.05, 0) is 42.1 Å². The third-order valence-electron chi connectivity index (χ3n) is 3.11. The molecule has 3 aromatic rings. The number of hydrogen-bond acceptors (Lipinski definition) is 6. The number of aryl methyl sites for hydroxylation is 1. The average Bonchev–Trinajstić information content (AvgIpc) is 3.26. The van der Waals surface area contributed by atoms with E-state index in [4.69, 9.17) is 4.74 Å². The first-order valence-corrected chi connectivity index (χ1v) is 8.21. The van der Waals surface area contributed by atoms with Crippen LogP contribution in [-0.4, -0.2) is 28.3 Å². The molecule has 2 heterocycles. The van der Waals surface area contributed by atoms with Gasteiger partial charge in [-0.1, -0.05) is 18.2 Å². The standard InChI is InChI=1S/C17H14N4O3S/c1-11-8-14(20-19-11)16(22)21-18-10-12-4-2-5-13(9-12)24-17(23)15-6-3-7-25-15/h2-10H,1H3,(H,19,20)(H,21,22). The second-order valence-corrected chi connectivity index (χ2v) is 6.02. The molecule has 0 fully saturated rings. The quantitative estimate of drug-likeness (QED) is 0.319. The van der Waals surface area contributed by atoms with Crippen molar-refractivity contribution in [2.45, 2.75) is 6.92 Å². The molecule has 126 valence electrons. The molecule has 0 aliphatic heterocycles. The molecule has 1 amide bonds. The number of nitrogens with zero attached hydrogens (tertiary/aromatic N) is 2. The Morgan fingerprint density at radius 1 is 1.28 bits per heavy atom. The monoisotopic (exact) mass is 354 g/mol. The van der Waals surface area contributed by atoms with Crippen molar-refractivity contribution >= 4 is 29.4 Å². The van der Waals surface area contributed by atoms with Crippen molar-refractivity contribution in [1.29, 1.82) is 0 Å². The fourth-order valence-corrected chi connectivity index (χ4v) is 2.57. The Kier molecular flexibility index (Phi) is 5.00. The molecule has 0 aliphatic carbocycles. The summed E-state index contributed by atoms with van der Waals surface area (Å²) in [5, 5.41) is 12.2. The van der Waals surface area contributed by atoms with Gasteiger partial charge in [-0.2, -0.15) is 10.2 Å². The average molecular weight is 354 g/mol. The van der Waals surface area contributed by atoms with Gasteiger partial charge in [0.15, 0.2) is 5.69 Å². The van der Waals surface area contributed by atoms with Crippen molar-refractivity contribution in [2.24, 2.45) is 5.10 Å². The summed E-state index contributed by atoms with van der Waals surface area (Å²) in [7, 11) is 0. The summed E-state index contributed by atoms with van der Waals surface area (Å²) in [5.41, 5.74) is 4.11. The van der Waals surface area contributed by atoms with Gasteiger partial charge in [0.2, 0.25) is 0 Å². The number of rotatable bonds is 5. The lowest BCUT2D eigenvalue weighted by Crippen LogP contribution is -2.18. The van der Waals surface area contributed by atoms with Crippen molar-refractivity contribution in [3.05, 3.63) is 69.7 Å². The Labute approximate surface area is 147 Å². The summed E-state index contributed by atoms with van der Waals surface area (Å²) < 4.78 is 5.31. The predicted molar refractivity (Wildman–Crippen MR) is 94.1 cm³/mol. The Bertz CT molecular complexity index is 916. The zero-order valence-electron chi connectivity index (χ0n) is 13.2. The van der Waals surface area contributed by atoms with Crippen LogP contribution in [0.4, 0.5) is 0 Å². The van der Waals surface area contributed by atoms with Crippen molar-refractivity contribution in [3.63, 3.8) is 0 Å². The van der Waals surface area contributed by atoms with E-state index in [1.807, 2.05) is 5.38 Å². The van der Waals surface area contributed by atoms with E-state index in [2.05, 4.69) is 20.7 Å². The number of H-pyrrole nitrogens is 1. The van der Waals surface area contributed by atoms with Crippen LogP contribution in [0.1, 0.15) is 31.4 Å². The van der Waals surface area contributed by atoms with Crippen LogP contribution in [0.15, 0.2) is 52.9 Å². The van der Waals surface area contributed by atoms with E-state index in [0.29, 0.717) is 16.2 Å². The minimum absolute atomic E-state index is 0.258. The highest BCUT2D eigenvalue weighted by atomic mass is 32.1. The smallest absolute Gasteiger partial charge is 0.353 e. The molecule has 2 aromatic heterocycles. The van der Waals surface area contributed by atoms with Crippen molar-refractivity contribution < 1.29 is 14.3 Å². The van der Waals surface area contributed by atoms with Gasteiger partial charge in [-0.15, -0.1) is 11.3 Å². The van der Waals surface area contributed by atoms with Gasteiger partial charge in [-0.3, -0.25) is 9.89 Å². The lowest BCUT2D eigenvalue weighted by Gasteiger charge is -2.03.